The Morgan fingerprint density at radius 1 is 1.06 bits per heavy atom. The van der Waals surface area contributed by atoms with E-state index in [9.17, 15) is 31.8 Å². The van der Waals surface area contributed by atoms with Crippen LogP contribution in [0.2, 0.25) is 0 Å². The third-order valence-corrected chi connectivity index (χ3v) is 9.88. The van der Waals surface area contributed by atoms with Crippen molar-refractivity contribution in [3.63, 3.8) is 0 Å². The number of ether oxygens (including phenoxy) is 2. The van der Waals surface area contributed by atoms with E-state index in [1.807, 2.05) is 0 Å². The predicted molar refractivity (Wildman–Crippen MR) is 165 cm³/mol. The van der Waals surface area contributed by atoms with Gasteiger partial charge in [-0.1, -0.05) is 0 Å². The number of rotatable bonds is 6. The molecule has 3 fully saturated rings. The molecule has 2 aromatic rings. The SMILES string of the molecule is CC(C)(C)OC(=O)N=S(C)(=O)c1cc(NC(=O)c2c(C(F)(F)F)c(C3CC3)nn2CC2CCC23CN(C(=O)OC(C)(C)C)C3)ccn1. The molecule has 258 valence electrons. The number of likely N-dealkylation sites (tertiary alicyclic amines) is 1. The number of hydrogen-bond acceptors (Lipinski definition) is 8. The summed E-state index contributed by atoms with van der Waals surface area (Å²) in [5.41, 5.74) is -3.64. The van der Waals surface area contributed by atoms with Crippen LogP contribution >= 0.6 is 0 Å². The van der Waals surface area contributed by atoms with Crippen LogP contribution in [-0.2, 0) is 31.9 Å². The number of amides is 3. The van der Waals surface area contributed by atoms with Crippen molar-refractivity contribution in [3.8, 4) is 0 Å². The fourth-order valence-electron chi connectivity index (χ4n) is 5.96. The lowest BCUT2D eigenvalue weighted by atomic mass is 9.56. The summed E-state index contributed by atoms with van der Waals surface area (Å²) in [7, 11) is -3.43. The lowest BCUT2D eigenvalue weighted by Crippen LogP contribution is -2.66. The third kappa shape index (κ3) is 7.73. The van der Waals surface area contributed by atoms with E-state index in [0.717, 1.165) is 11.1 Å². The molecule has 2 aliphatic carbocycles. The Morgan fingerprint density at radius 3 is 2.23 bits per heavy atom. The molecule has 16 heteroatoms. The fourth-order valence-corrected chi connectivity index (χ4v) is 6.97. The number of alkyl halides is 3. The summed E-state index contributed by atoms with van der Waals surface area (Å²) in [6.45, 7) is 11.1. The van der Waals surface area contributed by atoms with Gasteiger partial charge >= 0.3 is 18.4 Å². The molecule has 2 atom stereocenters. The van der Waals surface area contributed by atoms with Crippen molar-refractivity contribution in [2.24, 2.45) is 15.7 Å². The first-order chi connectivity index (χ1) is 21.6. The van der Waals surface area contributed by atoms with E-state index < -0.39 is 62.4 Å². The molecule has 47 heavy (non-hydrogen) atoms. The minimum absolute atomic E-state index is 0.00919. The monoisotopic (exact) mass is 682 g/mol. The second kappa shape index (κ2) is 11.8. The maximum absolute atomic E-state index is 14.6. The first kappa shape index (κ1) is 34.6. The zero-order chi connectivity index (χ0) is 34.7. The molecule has 1 saturated heterocycles. The topological polar surface area (TPSA) is 145 Å². The average molecular weight is 683 g/mol. The number of nitrogens with one attached hydrogen (secondary N) is 1. The summed E-state index contributed by atoms with van der Waals surface area (Å²) in [4.78, 5) is 44.1. The molecule has 1 aliphatic heterocycles. The standard InChI is InChI=1S/C31H41F3N6O6S/c1-28(2,3)45-26(42)38-47(7,44)21-14-20(11-13-35-21)36-25(41)24-22(31(32,33)34)23(18-8-9-18)37-40(24)15-19-10-12-30(19)16-39(17-30)27(43)46-29(4,5)6/h11,13-14,18-19H,8-10,12,15-17H2,1-7H3,(H,35,36,41). The van der Waals surface area contributed by atoms with E-state index in [4.69, 9.17) is 9.47 Å². The van der Waals surface area contributed by atoms with Gasteiger partial charge in [0.25, 0.3) is 5.91 Å². The molecule has 2 aromatic heterocycles. The molecule has 0 bridgehead atoms. The number of nitrogens with zero attached hydrogens (tertiary/aromatic N) is 5. The van der Waals surface area contributed by atoms with E-state index >= 15 is 0 Å². The highest BCUT2D eigenvalue weighted by atomic mass is 32.2. The molecule has 0 radical (unpaired) electrons. The van der Waals surface area contributed by atoms with Gasteiger partial charge in [-0.3, -0.25) is 9.48 Å². The number of aromatic nitrogens is 3. The van der Waals surface area contributed by atoms with Crippen LogP contribution in [-0.4, -0.2) is 72.5 Å². The first-order valence-corrected chi connectivity index (χ1v) is 17.4. The summed E-state index contributed by atoms with van der Waals surface area (Å²) in [6.07, 6.45) is -1.38. The maximum Gasteiger partial charge on any atom is 0.442 e. The molecule has 1 spiro atoms. The van der Waals surface area contributed by atoms with Crippen LogP contribution in [0.5, 0.6) is 0 Å². The van der Waals surface area contributed by atoms with Crippen LogP contribution in [0.4, 0.5) is 28.4 Å². The smallest absolute Gasteiger partial charge is 0.442 e. The molecular weight excluding hydrogens is 641 g/mol. The van der Waals surface area contributed by atoms with Crippen LogP contribution in [0, 0.1) is 11.3 Å². The minimum Gasteiger partial charge on any atom is -0.444 e. The second-order valence-corrected chi connectivity index (χ2v) is 16.9. The Morgan fingerprint density at radius 2 is 1.70 bits per heavy atom. The van der Waals surface area contributed by atoms with E-state index in [1.165, 1.54) is 24.6 Å². The molecular formula is C31H41F3N6O6S. The number of carbonyl (C=O) groups is 3. The van der Waals surface area contributed by atoms with Gasteiger partial charge in [0.15, 0.2) is 0 Å². The number of anilines is 1. The lowest BCUT2D eigenvalue weighted by Gasteiger charge is -2.60. The maximum atomic E-state index is 14.6. The summed E-state index contributed by atoms with van der Waals surface area (Å²) in [6, 6.07) is 2.53. The van der Waals surface area contributed by atoms with Crippen LogP contribution in [0.1, 0.15) is 94.9 Å². The van der Waals surface area contributed by atoms with Gasteiger partial charge in [-0.2, -0.15) is 18.3 Å². The van der Waals surface area contributed by atoms with E-state index in [-0.39, 0.29) is 34.3 Å². The summed E-state index contributed by atoms with van der Waals surface area (Å²) in [5.74, 6) is -1.54. The van der Waals surface area contributed by atoms with E-state index in [1.54, 1.807) is 46.4 Å². The second-order valence-electron chi connectivity index (χ2n) is 14.7. The van der Waals surface area contributed by atoms with Gasteiger partial charge in [0.1, 0.15) is 37.2 Å². The zero-order valence-electron chi connectivity index (χ0n) is 27.6. The number of hydrogen-bond donors (Lipinski definition) is 1. The van der Waals surface area contributed by atoms with Crippen LogP contribution < -0.4 is 5.32 Å². The fraction of sp³-hybridized carbons (Fsp3) is 0.645. The van der Waals surface area contributed by atoms with E-state index in [0.29, 0.717) is 32.4 Å². The van der Waals surface area contributed by atoms with Crippen LogP contribution in [0.15, 0.2) is 27.7 Å². The Kier molecular flexibility index (Phi) is 8.68. The molecule has 12 nitrogen and oxygen atoms in total. The van der Waals surface area contributed by atoms with Gasteiger partial charge in [0.2, 0.25) is 0 Å². The molecule has 3 heterocycles. The van der Waals surface area contributed by atoms with Crippen molar-refractivity contribution >= 4 is 33.5 Å². The normalized spacial score (nSPS) is 20.5. The molecule has 0 aromatic carbocycles. The predicted octanol–water partition coefficient (Wildman–Crippen LogP) is 6.47. The van der Waals surface area contributed by atoms with Crippen molar-refractivity contribution in [2.45, 2.75) is 102 Å². The minimum atomic E-state index is -4.85. The molecule has 5 rings (SSSR count). The van der Waals surface area contributed by atoms with Crippen LogP contribution in [0.25, 0.3) is 0 Å². The van der Waals surface area contributed by atoms with Gasteiger partial charge in [0.05, 0.1) is 5.69 Å². The molecule has 1 N–H and O–H groups in total. The third-order valence-electron chi connectivity index (χ3n) is 8.38. The zero-order valence-corrected chi connectivity index (χ0v) is 28.4. The Balaban J connectivity index is 1.41. The Hall–Kier alpha value is -3.69. The highest BCUT2D eigenvalue weighted by Crippen LogP contribution is 2.54. The van der Waals surface area contributed by atoms with Crippen molar-refractivity contribution in [1.82, 2.24) is 19.7 Å². The van der Waals surface area contributed by atoms with Gasteiger partial charge in [0, 0.05) is 49.1 Å². The van der Waals surface area contributed by atoms with E-state index in [2.05, 4.69) is 19.8 Å². The Bertz CT molecular complexity index is 1710. The van der Waals surface area contributed by atoms with Gasteiger partial charge < -0.3 is 19.7 Å². The van der Waals surface area contributed by atoms with Gasteiger partial charge in [-0.05, 0) is 85.3 Å². The highest BCUT2D eigenvalue weighted by Gasteiger charge is 2.57. The van der Waals surface area contributed by atoms with Crippen molar-refractivity contribution in [2.75, 3.05) is 24.7 Å². The summed E-state index contributed by atoms with van der Waals surface area (Å²) < 4.78 is 72.5. The first-order valence-electron chi connectivity index (χ1n) is 15.5. The number of pyridine rings is 1. The molecule has 3 aliphatic rings. The number of halogens is 3. The largest absolute Gasteiger partial charge is 0.444 e. The van der Waals surface area contributed by atoms with Crippen molar-refractivity contribution < 1.29 is 41.2 Å². The molecule has 2 unspecified atom stereocenters. The highest BCUT2D eigenvalue weighted by molar-refractivity contribution is 7.93. The molecule has 2 saturated carbocycles. The van der Waals surface area contributed by atoms with Crippen molar-refractivity contribution in [1.29, 1.82) is 0 Å². The molecule has 3 amide bonds. The van der Waals surface area contributed by atoms with Gasteiger partial charge in [-0.15, -0.1) is 4.36 Å². The summed E-state index contributed by atoms with van der Waals surface area (Å²) >= 11 is 0. The lowest BCUT2D eigenvalue weighted by molar-refractivity contribution is -0.138. The van der Waals surface area contributed by atoms with Crippen LogP contribution in [0.3, 0.4) is 0 Å². The summed E-state index contributed by atoms with van der Waals surface area (Å²) in [5, 5.41) is 6.70. The van der Waals surface area contributed by atoms with Gasteiger partial charge in [-0.25, -0.2) is 18.8 Å². The number of carbonyl (C=O) groups excluding carboxylic acids is 3. The quantitative estimate of drug-likeness (QED) is 0.365. The van der Waals surface area contributed by atoms with Crippen molar-refractivity contribution in [3.05, 3.63) is 35.3 Å². The average Bonchev–Trinajstić information content (AvgIpc) is 3.62. The Labute approximate surface area is 271 Å².